The van der Waals surface area contributed by atoms with E-state index in [0.29, 0.717) is 6.04 Å². The van der Waals surface area contributed by atoms with Crippen LogP contribution in [0.25, 0.3) is 0 Å². The average Bonchev–Trinajstić information content (AvgIpc) is 2.68. The third-order valence-electron chi connectivity index (χ3n) is 3.63. The molecule has 0 unspecified atom stereocenters. The standard InChI is InChI=1S/C16H23NO2/c1-13(19-15-11-7-4-8-12-15)16(18)17-14-9-5-2-3-6-10-14/h4,7-8,11-14H,2-3,5-6,9-10H2,1H3,(H,17,18)/t13-/m1/s1. The number of amides is 1. The molecule has 0 saturated heterocycles. The first-order valence-electron chi connectivity index (χ1n) is 7.28. The Kier molecular flexibility index (Phi) is 5.25. The van der Waals surface area contributed by atoms with Crippen LogP contribution in [0.15, 0.2) is 30.3 Å². The van der Waals surface area contributed by atoms with Gasteiger partial charge in [-0.05, 0) is 31.9 Å². The van der Waals surface area contributed by atoms with Crippen LogP contribution in [0.5, 0.6) is 5.75 Å². The first kappa shape index (κ1) is 13.9. The lowest BCUT2D eigenvalue weighted by Gasteiger charge is -2.20. The zero-order chi connectivity index (χ0) is 13.5. The first-order chi connectivity index (χ1) is 9.25. The van der Waals surface area contributed by atoms with Crippen molar-refractivity contribution < 1.29 is 9.53 Å². The predicted octanol–water partition coefficient (Wildman–Crippen LogP) is 3.29. The molecule has 3 nitrogen and oxygen atoms in total. The quantitative estimate of drug-likeness (QED) is 0.845. The molecule has 1 atom stereocenters. The third kappa shape index (κ3) is 4.58. The molecule has 1 aliphatic rings. The van der Waals surface area contributed by atoms with Crippen LogP contribution >= 0.6 is 0 Å². The molecule has 0 heterocycles. The van der Waals surface area contributed by atoms with Gasteiger partial charge in [-0.1, -0.05) is 43.9 Å². The van der Waals surface area contributed by atoms with Crippen molar-refractivity contribution in [1.29, 1.82) is 0 Å². The fourth-order valence-corrected chi connectivity index (χ4v) is 2.50. The minimum absolute atomic E-state index is 0.00393. The average molecular weight is 261 g/mol. The monoisotopic (exact) mass is 261 g/mol. The topological polar surface area (TPSA) is 38.3 Å². The number of carbonyl (C=O) groups excluding carboxylic acids is 1. The number of hydrogen-bond acceptors (Lipinski definition) is 2. The zero-order valence-corrected chi connectivity index (χ0v) is 11.6. The van der Waals surface area contributed by atoms with Gasteiger partial charge in [-0.25, -0.2) is 0 Å². The summed E-state index contributed by atoms with van der Waals surface area (Å²) in [6, 6.07) is 9.82. The van der Waals surface area contributed by atoms with Crippen molar-refractivity contribution in [1.82, 2.24) is 5.32 Å². The van der Waals surface area contributed by atoms with Crippen LogP contribution in [0.3, 0.4) is 0 Å². The summed E-state index contributed by atoms with van der Waals surface area (Å²) in [6.45, 7) is 1.80. The number of para-hydroxylation sites is 1. The molecule has 1 N–H and O–H groups in total. The second-order valence-corrected chi connectivity index (χ2v) is 5.27. The van der Waals surface area contributed by atoms with E-state index in [1.165, 1.54) is 25.7 Å². The van der Waals surface area contributed by atoms with Crippen molar-refractivity contribution in [3.8, 4) is 5.75 Å². The lowest BCUT2D eigenvalue weighted by Crippen LogP contribution is -2.42. The number of carbonyl (C=O) groups is 1. The number of nitrogens with one attached hydrogen (secondary N) is 1. The number of rotatable bonds is 4. The van der Waals surface area contributed by atoms with E-state index in [1.54, 1.807) is 6.92 Å². The van der Waals surface area contributed by atoms with Crippen LogP contribution in [-0.4, -0.2) is 18.1 Å². The molecule has 0 bridgehead atoms. The van der Waals surface area contributed by atoms with Gasteiger partial charge in [0.05, 0.1) is 0 Å². The molecule has 0 aromatic heterocycles. The molecule has 2 rings (SSSR count). The molecule has 1 aliphatic carbocycles. The molecule has 19 heavy (non-hydrogen) atoms. The molecule has 1 aromatic rings. The normalized spacial score (nSPS) is 18.4. The lowest BCUT2D eigenvalue weighted by molar-refractivity contribution is -0.128. The maximum Gasteiger partial charge on any atom is 0.260 e. The van der Waals surface area contributed by atoms with Gasteiger partial charge < -0.3 is 10.1 Å². The van der Waals surface area contributed by atoms with Crippen LogP contribution in [0.4, 0.5) is 0 Å². The van der Waals surface area contributed by atoms with Crippen molar-refractivity contribution in [2.75, 3.05) is 0 Å². The van der Waals surface area contributed by atoms with E-state index < -0.39 is 6.10 Å². The van der Waals surface area contributed by atoms with Gasteiger partial charge in [0.15, 0.2) is 6.10 Å². The molecule has 1 saturated carbocycles. The summed E-state index contributed by atoms with van der Waals surface area (Å²) in [5.74, 6) is 0.738. The van der Waals surface area contributed by atoms with E-state index in [0.717, 1.165) is 18.6 Å². The molecular weight excluding hydrogens is 238 g/mol. The maximum absolute atomic E-state index is 12.1. The van der Waals surface area contributed by atoms with Gasteiger partial charge in [-0.15, -0.1) is 0 Å². The Morgan fingerprint density at radius 3 is 2.42 bits per heavy atom. The number of hydrogen-bond donors (Lipinski definition) is 1. The Morgan fingerprint density at radius 2 is 1.79 bits per heavy atom. The highest BCUT2D eigenvalue weighted by Gasteiger charge is 2.19. The first-order valence-corrected chi connectivity index (χ1v) is 7.28. The van der Waals surface area contributed by atoms with Crippen molar-refractivity contribution >= 4 is 5.91 Å². The molecule has 0 spiro atoms. The number of ether oxygens (including phenoxy) is 1. The molecule has 1 fully saturated rings. The highest BCUT2D eigenvalue weighted by Crippen LogP contribution is 2.17. The van der Waals surface area contributed by atoms with Gasteiger partial charge in [0, 0.05) is 6.04 Å². The third-order valence-corrected chi connectivity index (χ3v) is 3.63. The fourth-order valence-electron chi connectivity index (χ4n) is 2.50. The lowest BCUT2D eigenvalue weighted by atomic mass is 10.1. The smallest absolute Gasteiger partial charge is 0.260 e. The summed E-state index contributed by atoms with van der Waals surface area (Å²) in [4.78, 5) is 12.1. The molecule has 1 amide bonds. The largest absolute Gasteiger partial charge is 0.481 e. The Labute approximate surface area is 115 Å². The van der Waals surface area contributed by atoms with Gasteiger partial charge in [-0.3, -0.25) is 4.79 Å². The molecule has 1 aromatic carbocycles. The van der Waals surface area contributed by atoms with Crippen LogP contribution in [-0.2, 0) is 4.79 Å². The molecule has 3 heteroatoms. The van der Waals surface area contributed by atoms with Crippen LogP contribution in [0.2, 0.25) is 0 Å². The summed E-state index contributed by atoms with van der Waals surface area (Å²) < 4.78 is 5.64. The van der Waals surface area contributed by atoms with Gasteiger partial charge in [0.2, 0.25) is 0 Å². The second-order valence-electron chi connectivity index (χ2n) is 5.27. The Morgan fingerprint density at radius 1 is 1.16 bits per heavy atom. The summed E-state index contributed by atoms with van der Waals surface area (Å²) in [5.41, 5.74) is 0. The summed E-state index contributed by atoms with van der Waals surface area (Å²) in [7, 11) is 0. The molecule has 104 valence electrons. The SMILES string of the molecule is C[C@@H](Oc1ccccc1)C(=O)NC1CCCCCC1. The van der Waals surface area contributed by atoms with Crippen LogP contribution in [0.1, 0.15) is 45.4 Å². The van der Waals surface area contributed by atoms with E-state index in [2.05, 4.69) is 5.32 Å². The highest BCUT2D eigenvalue weighted by atomic mass is 16.5. The van der Waals surface area contributed by atoms with E-state index >= 15 is 0 Å². The highest BCUT2D eigenvalue weighted by molar-refractivity contribution is 5.81. The molecule has 0 aliphatic heterocycles. The zero-order valence-electron chi connectivity index (χ0n) is 11.6. The minimum atomic E-state index is -0.439. The van der Waals surface area contributed by atoms with Crippen LogP contribution in [0, 0.1) is 0 Å². The minimum Gasteiger partial charge on any atom is -0.481 e. The Bertz CT molecular complexity index is 383. The van der Waals surface area contributed by atoms with E-state index in [4.69, 9.17) is 4.74 Å². The number of benzene rings is 1. The summed E-state index contributed by atoms with van der Waals surface area (Å²) in [5, 5.41) is 3.11. The Hall–Kier alpha value is -1.51. The van der Waals surface area contributed by atoms with Gasteiger partial charge >= 0.3 is 0 Å². The van der Waals surface area contributed by atoms with Crippen molar-refractivity contribution in [2.24, 2.45) is 0 Å². The summed E-state index contributed by atoms with van der Waals surface area (Å²) >= 11 is 0. The molecular formula is C16H23NO2. The van der Waals surface area contributed by atoms with Crippen LogP contribution < -0.4 is 10.1 Å². The van der Waals surface area contributed by atoms with E-state index in [1.807, 2.05) is 30.3 Å². The van der Waals surface area contributed by atoms with Crippen molar-refractivity contribution in [3.05, 3.63) is 30.3 Å². The van der Waals surface area contributed by atoms with E-state index in [9.17, 15) is 4.79 Å². The maximum atomic E-state index is 12.1. The fraction of sp³-hybridized carbons (Fsp3) is 0.562. The van der Waals surface area contributed by atoms with Gasteiger partial charge in [-0.2, -0.15) is 0 Å². The van der Waals surface area contributed by atoms with Gasteiger partial charge in [0.25, 0.3) is 5.91 Å². The summed E-state index contributed by atoms with van der Waals surface area (Å²) in [6.07, 6.45) is 6.79. The predicted molar refractivity (Wildman–Crippen MR) is 76.2 cm³/mol. The second kappa shape index (κ2) is 7.17. The van der Waals surface area contributed by atoms with Gasteiger partial charge in [0.1, 0.15) is 5.75 Å². The Balaban J connectivity index is 1.81. The van der Waals surface area contributed by atoms with E-state index in [-0.39, 0.29) is 5.91 Å². The van der Waals surface area contributed by atoms with Crippen molar-refractivity contribution in [2.45, 2.75) is 57.6 Å². The van der Waals surface area contributed by atoms with Crippen molar-refractivity contribution in [3.63, 3.8) is 0 Å². The molecule has 0 radical (unpaired) electrons.